The zero-order valence-corrected chi connectivity index (χ0v) is 7.86. The van der Waals surface area contributed by atoms with Gasteiger partial charge in [0.05, 0.1) is 10.5 Å². The second-order valence-corrected chi connectivity index (χ2v) is 2.94. The number of para-hydroxylation sites is 1. The molecule has 1 N–H and O–H groups in total. The summed E-state index contributed by atoms with van der Waals surface area (Å²) in [6.07, 6.45) is 0.973. The maximum Gasteiger partial charge on any atom is 0.311 e. The number of rotatable bonds is 2. The molecule has 2 aromatic rings. The van der Waals surface area contributed by atoms with Gasteiger partial charge in [-0.05, 0) is 6.07 Å². The minimum Gasteiger partial charge on any atom is -0.502 e. The summed E-state index contributed by atoms with van der Waals surface area (Å²) in [7, 11) is 0. The Morgan fingerprint density at radius 2 is 2.44 bits per heavy atom. The fourth-order valence-corrected chi connectivity index (χ4v) is 1.25. The largest absolute Gasteiger partial charge is 0.502 e. The predicted octanol–water partition coefficient (Wildman–Crippen LogP) is 1.10. The van der Waals surface area contributed by atoms with E-state index in [1.54, 1.807) is 0 Å². The molecule has 0 fully saturated rings. The first-order chi connectivity index (χ1) is 8.80. The summed E-state index contributed by atoms with van der Waals surface area (Å²) >= 11 is 0. The Hall–Kier alpha value is -2.44. The molecule has 0 radical (unpaired) electrons. The van der Waals surface area contributed by atoms with Crippen LogP contribution < -0.4 is 0 Å². The molecule has 1 aromatic heterocycles. The fraction of sp³-hybridized carbons (Fsp3) is 0.111. The van der Waals surface area contributed by atoms with Crippen LogP contribution in [0.1, 0.15) is 4.11 Å². The van der Waals surface area contributed by atoms with Gasteiger partial charge < -0.3 is 5.11 Å². The number of benzene rings is 1. The number of hydrogen-bond donors (Lipinski definition) is 1. The third-order valence-electron chi connectivity index (χ3n) is 1.94. The zero-order chi connectivity index (χ0) is 14.2. The van der Waals surface area contributed by atoms with Crippen LogP contribution >= 0.6 is 0 Å². The van der Waals surface area contributed by atoms with Crippen LogP contribution in [-0.2, 0) is 6.98 Å². The second kappa shape index (κ2) is 3.61. The van der Waals surface area contributed by atoms with Crippen molar-refractivity contribution in [1.82, 2.24) is 14.8 Å². The molecule has 0 aliphatic rings. The highest BCUT2D eigenvalue weighted by Crippen LogP contribution is 2.34. The average molecular weight is 223 g/mol. The van der Waals surface area contributed by atoms with E-state index < -0.39 is 23.3 Å². The van der Waals surface area contributed by atoms with E-state index in [9.17, 15) is 15.2 Å². The summed E-state index contributed by atoms with van der Waals surface area (Å²) in [6, 6.07) is 3.84. The molecule has 1 heterocycles. The van der Waals surface area contributed by atoms with Gasteiger partial charge in [-0.1, -0.05) is 6.07 Å². The molecular formula is C9H8N4O3. The number of phenols is 1. The van der Waals surface area contributed by atoms with E-state index in [1.165, 1.54) is 12.1 Å². The smallest absolute Gasteiger partial charge is 0.311 e. The van der Waals surface area contributed by atoms with E-state index >= 15 is 0 Å². The molecule has 82 valence electrons. The van der Waals surface area contributed by atoms with E-state index in [1.807, 2.05) is 0 Å². The van der Waals surface area contributed by atoms with Crippen LogP contribution in [0, 0.1) is 10.1 Å². The van der Waals surface area contributed by atoms with Crippen LogP contribution in [0.2, 0.25) is 0 Å². The second-order valence-electron chi connectivity index (χ2n) is 2.94. The molecule has 0 amide bonds. The van der Waals surface area contributed by atoms with Gasteiger partial charge in [0.2, 0.25) is 5.75 Å². The lowest BCUT2D eigenvalue weighted by atomic mass is 10.1. The number of nitrogens with zero attached hydrogens (tertiary/aromatic N) is 4. The normalized spacial score (nSPS) is 13.9. The maximum atomic E-state index is 10.7. The van der Waals surface area contributed by atoms with Crippen molar-refractivity contribution >= 4 is 5.69 Å². The van der Waals surface area contributed by atoms with Gasteiger partial charge in [-0.15, -0.1) is 0 Å². The summed E-state index contributed by atoms with van der Waals surface area (Å²) in [4.78, 5) is 13.7. The van der Waals surface area contributed by atoms with Crippen molar-refractivity contribution in [2.75, 3.05) is 0 Å². The van der Waals surface area contributed by atoms with Gasteiger partial charge in [0.25, 0.3) is 0 Å². The first-order valence-corrected chi connectivity index (χ1v) is 4.19. The van der Waals surface area contributed by atoms with Crippen LogP contribution in [-0.4, -0.2) is 24.8 Å². The molecule has 2 rings (SSSR count). The summed E-state index contributed by atoms with van der Waals surface area (Å²) in [5, 5.41) is 24.1. The Labute approximate surface area is 94.3 Å². The number of nitro benzene ring substituents is 1. The third-order valence-corrected chi connectivity index (χ3v) is 1.94. The molecule has 1 aromatic carbocycles. The Morgan fingerprint density at radius 3 is 3.06 bits per heavy atom. The van der Waals surface area contributed by atoms with E-state index in [4.69, 9.17) is 4.11 Å². The van der Waals surface area contributed by atoms with Gasteiger partial charge in [-0.2, -0.15) is 5.10 Å². The zero-order valence-electron chi connectivity index (χ0n) is 10.9. The highest BCUT2D eigenvalue weighted by atomic mass is 16.6. The highest BCUT2D eigenvalue weighted by Gasteiger charge is 2.19. The minimum atomic E-state index is -2.50. The molecule has 7 heteroatoms. The summed E-state index contributed by atoms with van der Waals surface area (Å²) < 4.78 is 22.0. The minimum absolute atomic E-state index is 0.00259. The highest BCUT2D eigenvalue weighted by molar-refractivity contribution is 5.69. The fourth-order valence-electron chi connectivity index (χ4n) is 1.25. The van der Waals surface area contributed by atoms with Crippen molar-refractivity contribution in [2.24, 2.45) is 6.98 Å². The number of phenolic OH excluding ortho intramolecular Hbond substituents is 1. The monoisotopic (exact) mass is 223 g/mol. The lowest BCUT2D eigenvalue weighted by molar-refractivity contribution is -0.385. The van der Waals surface area contributed by atoms with Crippen molar-refractivity contribution in [2.45, 2.75) is 0 Å². The van der Waals surface area contributed by atoms with Crippen molar-refractivity contribution < 1.29 is 14.1 Å². The van der Waals surface area contributed by atoms with Crippen LogP contribution in [0.15, 0.2) is 24.5 Å². The van der Waals surface area contributed by atoms with Crippen LogP contribution in [0.5, 0.6) is 5.75 Å². The predicted molar refractivity (Wildman–Crippen MR) is 54.8 cm³/mol. The number of nitro groups is 1. The molecule has 0 saturated carbocycles. The standard InChI is InChI=1S/C9H8N4O3/c1-12-5-10-9(11-12)6-3-2-4-7(8(6)14)13(15)16/h2-5,14H,1H3/i1D3. The van der Waals surface area contributed by atoms with Crippen LogP contribution in [0.3, 0.4) is 0 Å². The number of aromatic hydroxyl groups is 1. The number of hydrogen-bond acceptors (Lipinski definition) is 5. The van der Waals surface area contributed by atoms with Crippen LogP contribution in [0.4, 0.5) is 5.69 Å². The van der Waals surface area contributed by atoms with Crippen molar-refractivity contribution in [1.29, 1.82) is 0 Å². The molecule has 7 nitrogen and oxygen atoms in total. The van der Waals surface area contributed by atoms with Gasteiger partial charge in [0, 0.05) is 17.2 Å². The first kappa shape index (κ1) is 6.94. The molecule has 16 heavy (non-hydrogen) atoms. The SMILES string of the molecule is [2H]C([2H])([2H])n1cnc(-c2cccc([N+](=O)[O-])c2O)n1. The quantitative estimate of drug-likeness (QED) is 0.607. The number of aromatic nitrogens is 3. The number of aryl methyl sites for hydroxylation is 1. The summed E-state index contributed by atoms with van der Waals surface area (Å²) in [6.45, 7) is -2.50. The van der Waals surface area contributed by atoms with E-state index in [-0.39, 0.29) is 11.4 Å². The maximum absolute atomic E-state index is 10.7. The average Bonchev–Trinajstić information content (AvgIpc) is 2.77. The van der Waals surface area contributed by atoms with Crippen molar-refractivity contribution in [3.63, 3.8) is 0 Å². The summed E-state index contributed by atoms with van der Waals surface area (Å²) in [5.41, 5.74) is -0.500. The Bertz CT molecular complexity index is 638. The molecular weight excluding hydrogens is 212 g/mol. The van der Waals surface area contributed by atoms with Crippen molar-refractivity contribution in [3.05, 3.63) is 34.6 Å². The van der Waals surface area contributed by atoms with Crippen LogP contribution in [0.25, 0.3) is 11.4 Å². The lowest BCUT2D eigenvalue weighted by Gasteiger charge is -2.00. The molecule has 0 spiro atoms. The lowest BCUT2D eigenvalue weighted by Crippen LogP contribution is -1.92. The first-order valence-electron chi connectivity index (χ1n) is 5.69. The van der Waals surface area contributed by atoms with Gasteiger partial charge >= 0.3 is 5.69 Å². The Kier molecular flexibility index (Phi) is 1.57. The van der Waals surface area contributed by atoms with Gasteiger partial charge in [0.15, 0.2) is 5.82 Å². The molecule has 0 unspecified atom stereocenters. The third kappa shape index (κ3) is 1.58. The molecule has 0 aliphatic carbocycles. The van der Waals surface area contributed by atoms with Crippen molar-refractivity contribution in [3.8, 4) is 17.1 Å². The van der Waals surface area contributed by atoms with Gasteiger partial charge in [-0.25, -0.2) is 4.98 Å². The van der Waals surface area contributed by atoms with Gasteiger partial charge in [-0.3, -0.25) is 14.8 Å². The molecule has 0 aliphatic heterocycles. The van der Waals surface area contributed by atoms with E-state index in [2.05, 4.69) is 10.1 Å². The molecule has 0 saturated heterocycles. The van der Waals surface area contributed by atoms with Gasteiger partial charge in [0.1, 0.15) is 6.33 Å². The summed E-state index contributed by atoms with van der Waals surface area (Å²) in [5.74, 6) is -0.701. The molecule has 0 atom stereocenters. The van der Waals surface area contributed by atoms with E-state index in [0.717, 1.165) is 12.4 Å². The molecule has 0 bridgehead atoms. The Morgan fingerprint density at radius 1 is 1.62 bits per heavy atom. The Balaban J connectivity index is 2.51. The van der Waals surface area contributed by atoms with E-state index in [0.29, 0.717) is 4.68 Å². The topological polar surface area (TPSA) is 94.1 Å².